The van der Waals surface area contributed by atoms with Gasteiger partial charge in [0.1, 0.15) is 17.7 Å². The zero-order valence-corrected chi connectivity index (χ0v) is 37.3. The largest absolute Gasteiger partial charge is 0.507 e. The standard InChI is InChI=1S/C47H54N10O6S/c1-27(2)43(47(62)57-25-34(58)21-38(57)46(61)49-28(3)30-9-11-31(12-10-30)44-29(4)48-26-64-44)40-22-41(53-63-40)55-17-15-54(16-18-55)14-13-42(60)56-23-33(24-56)36-19-32-20-37(51-52-45(32)50-36)35-7-5-6-8-39(35)59/h5-12,19-20,22,26-28,33-34,38,43,58-59H,13-18,21,23-25H2,1-4H3,(H,49,61)(H,50,52)/t28?,34-,38+,43?/m1/s1. The fraction of sp³-hybridized carbons (Fsp3) is 0.426. The molecule has 4 atom stereocenters. The zero-order chi connectivity index (χ0) is 44.6. The van der Waals surface area contributed by atoms with Gasteiger partial charge in [-0.3, -0.25) is 19.3 Å². The molecule has 0 radical (unpaired) electrons. The molecule has 4 aromatic heterocycles. The average molecular weight is 887 g/mol. The van der Waals surface area contributed by atoms with Gasteiger partial charge >= 0.3 is 0 Å². The highest BCUT2D eigenvalue weighted by Crippen LogP contribution is 2.35. The number of hydrogen-bond donors (Lipinski definition) is 4. The molecule has 3 saturated heterocycles. The van der Waals surface area contributed by atoms with Crippen LogP contribution in [0.3, 0.4) is 0 Å². The summed E-state index contributed by atoms with van der Waals surface area (Å²) in [6, 6.07) is 19.8. The number of likely N-dealkylation sites (tertiary alicyclic amines) is 2. The minimum Gasteiger partial charge on any atom is -0.507 e. The molecular formula is C47H54N10O6S. The molecule has 4 N–H and O–H groups in total. The number of phenols is 1. The number of amides is 3. The SMILES string of the molecule is Cc1ncsc1-c1ccc(C(C)NC(=O)[C@@H]2C[C@@H](O)CN2C(=O)C(c2cc(N3CCN(CCC(=O)N4CC(c5cc6cc(-c7ccccc7O)nnc6[nH]5)C4)CC3)no2)C(C)C)cc1. The highest BCUT2D eigenvalue weighted by Gasteiger charge is 2.44. The van der Waals surface area contributed by atoms with Gasteiger partial charge in [0.25, 0.3) is 0 Å². The van der Waals surface area contributed by atoms with Crippen LogP contribution in [-0.2, 0) is 14.4 Å². The minimum absolute atomic E-state index is 0.0600. The van der Waals surface area contributed by atoms with E-state index in [0.29, 0.717) is 67.6 Å². The number of thiazole rings is 1. The van der Waals surface area contributed by atoms with Crippen molar-refractivity contribution in [2.75, 3.05) is 57.3 Å². The number of aliphatic hydroxyl groups is 1. The number of rotatable bonds is 13. The van der Waals surface area contributed by atoms with Crippen LogP contribution < -0.4 is 10.2 Å². The van der Waals surface area contributed by atoms with E-state index in [2.05, 4.69) is 46.5 Å². The molecule has 9 rings (SSSR count). The van der Waals surface area contributed by atoms with Crippen LogP contribution in [0.2, 0.25) is 0 Å². The molecular weight excluding hydrogens is 833 g/mol. The van der Waals surface area contributed by atoms with Crippen LogP contribution in [0.15, 0.2) is 76.8 Å². The molecule has 17 heteroatoms. The normalized spacial score (nSPS) is 19.3. The predicted octanol–water partition coefficient (Wildman–Crippen LogP) is 5.47. The Bertz CT molecular complexity index is 2630. The first kappa shape index (κ1) is 43.1. The van der Waals surface area contributed by atoms with Crippen molar-refractivity contribution in [3.05, 3.63) is 95.0 Å². The Kier molecular flexibility index (Phi) is 12.2. The second-order valence-electron chi connectivity index (χ2n) is 17.7. The number of aromatic hydroxyl groups is 1. The molecule has 3 amide bonds. The summed E-state index contributed by atoms with van der Waals surface area (Å²) in [4.78, 5) is 57.8. The van der Waals surface area contributed by atoms with E-state index in [1.54, 1.807) is 23.5 Å². The van der Waals surface area contributed by atoms with Crippen molar-refractivity contribution in [3.8, 4) is 27.4 Å². The van der Waals surface area contributed by atoms with E-state index in [-0.39, 0.29) is 54.3 Å². The lowest BCUT2D eigenvalue weighted by atomic mass is 9.91. The summed E-state index contributed by atoms with van der Waals surface area (Å²) in [6.07, 6.45) is -0.232. The number of hydrogen-bond acceptors (Lipinski definition) is 13. The number of carbonyl (C=O) groups excluding carboxylic acids is 3. The highest BCUT2D eigenvalue weighted by atomic mass is 32.1. The van der Waals surface area contributed by atoms with Crippen molar-refractivity contribution in [3.63, 3.8) is 0 Å². The third-order valence-corrected chi connectivity index (χ3v) is 14.0. The number of carbonyl (C=O) groups is 3. The summed E-state index contributed by atoms with van der Waals surface area (Å²) < 4.78 is 5.86. The number of aryl methyl sites for hydroxylation is 1. The highest BCUT2D eigenvalue weighted by molar-refractivity contribution is 7.13. The molecule has 6 aromatic rings. The number of β-amino-alcohol motifs (C(OH)–C–C–N with tert-alkyl or cyclic N) is 1. The summed E-state index contributed by atoms with van der Waals surface area (Å²) in [5, 5.41) is 38.0. The molecule has 3 aliphatic heterocycles. The van der Waals surface area contributed by atoms with Crippen molar-refractivity contribution >= 4 is 45.9 Å². The fourth-order valence-corrected chi connectivity index (χ4v) is 9.99. The first-order chi connectivity index (χ1) is 30.9. The maximum Gasteiger partial charge on any atom is 0.243 e. The third kappa shape index (κ3) is 8.84. The number of H-pyrrole nitrogens is 1. The molecule has 2 aromatic carbocycles. The molecule has 7 heterocycles. The lowest BCUT2D eigenvalue weighted by Crippen LogP contribution is -2.50. The number of anilines is 1. The van der Waals surface area contributed by atoms with E-state index < -0.39 is 18.1 Å². The fourth-order valence-electron chi connectivity index (χ4n) is 9.18. The number of nitrogens with one attached hydrogen (secondary N) is 2. The van der Waals surface area contributed by atoms with E-state index in [1.165, 1.54) is 4.90 Å². The Labute approximate surface area is 375 Å². The van der Waals surface area contributed by atoms with Crippen molar-refractivity contribution in [2.45, 2.75) is 70.6 Å². The van der Waals surface area contributed by atoms with Gasteiger partial charge in [0.15, 0.2) is 17.2 Å². The van der Waals surface area contributed by atoms with Gasteiger partial charge in [-0.05, 0) is 55.2 Å². The number of aromatic nitrogens is 5. The van der Waals surface area contributed by atoms with Crippen LogP contribution in [0.5, 0.6) is 5.75 Å². The average Bonchev–Trinajstić information content (AvgIpc) is 4.10. The molecule has 64 heavy (non-hydrogen) atoms. The van der Waals surface area contributed by atoms with Crippen molar-refractivity contribution < 1.29 is 29.1 Å². The van der Waals surface area contributed by atoms with Crippen molar-refractivity contribution in [2.24, 2.45) is 5.92 Å². The molecule has 3 fully saturated rings. The molecule has 16 nitrogen and oxygen atoms in total. The van der Waals surface area contributed by atoms with Gasteiger partial charge in [0.05, 0.1) is 33.9 Å². The van der Waals surface area contributed by atoms with Gasteiger partial charge in [0, 0.05) is 93.8 Å². The van der Waals surface area contributed by atoms with E-state index in [0.717, 1.165) is 45.9 Å². The van der Waals surface area contributed by atoms with E-state index in [4.69, 9.17) is 4.52 Å². The molecule has 0 aliphatic carbocycles. The van der Waals surface area contributed by atoms with Crippen molar-refractivity contribution in [1.82, 2.24) is 45.3 Å². The maximum absolute atomic E-state index is 14.3. The lowest BCUT2D eigenvalue weighted by Gasteiger charge is -2.40. The molecule has 0 saturated carbocycles. The number of fused-ring (bicyclic) bond motifs is 1. The van der Waals surface area contributed by atoms with E-state index in [9.17, 15) is 24.6 Å². The number of aromatic amines is 1. The topological polar surface area (TPSA) is 197 Å². The van der Waals surface area contributed by atoms with Crippen molar-refractivity contribution in [1.29, 1.82) is 0 Å². The Morgan fingerprint density at radius 1 is 0.969 bits per heavy atom. The van der Waals surface area contributed by atoms with Gasteiger partial charge in [-0.1, -0.05) is 55.4 Å². The Morgan fingerprint density at radius 2 is 1.73 bits per heavy atom. The van der Waals surface area contributed by atoms with Crippen LogP contribution in [0.25, 0.3) is 32.7 Å². The first-order valence-corrected chi connectivity index (χ1v) is 22.9. The summed E-state index contributed by atoms with van der Waals surface area (Å²) >= 11 is 1.59. The predicted molar refractivity (Wildman–Crippen MR) is 243 cm³/mol. The van der Waals surface area contributed by atoms with Crippen LogP contribution in [0.1, 0.15) is 74.2 Å². The summed E-state index contributed by atoms with van der Waals surface area (Å²) in [5.74, 6) is 0.125. The molecule has 334 valence electrons. The summed E-state index contributed by atoms with van der Waals surface area (Å²) in [5.41, 5.74) is 7.74. The van der Waals surface area contributed by atoms with Crippen LogP contribution in [0.4, 0.5) is 5.82 Å². The Hall–Kier alpha value is -6.17. The maximum atomic E-state index is 14.3. The second-order valence-corrected chi connectivity index (χ2v) is 18.5. The number of phenolic OH excluding ortho intramolecular Hbond substituents is 1. The number of aliphatic hydroxyl groups excluding tert-OH is 1. The van der Waals surface area contributed by atoms with Gasteiger partial charge in [-0.2, -0.15) is 0 Å². The number of para-hydroxylation sites is 1. The van der Waals surface area contributed by atoms with Crippen LogP contribution in [0, 0.1) is 12.8 Å². The summed E-state index contributed by atoms with van der Waals surface area (Å²) in [7, 11) is 0. The second kappa shape index (κ2) is 18.1. The van der Waals surface area contributed by atoms with E-state index >= 15 is 0 Å². The Morgan fingerprint density at radius 3 is 2.45 bits per heavy atom. The molecule has 2 unspecified atom stereocenters. The van der Waals surface area contributed by atoms with Crippen LogP contribution in [-0.4, -0.2) is 132 Å². The van der Waals surface area contributed by atoms with E-state index in [1.807, 2.05) is 86.6 Å². The Balaban J connectivity index is 0.746. The van der Waals surface area contributed by atoms with Gasteiger partial charge in [-0.25, -0.2) is 4.98 Å². The lowest BCUT2D eigenvalue weighted by molar-refractivity contribution is -0.141. The smallest absolute Gasteiger partial charge is 0.243 e. The number of nitrogens with zero attached hydrogens (tertiary/aromatic N) is 8. The van der Waals surface area contributed by atoms with Gasteiger partial charge in [-0.15, -0.1) is 21.5 Å². The molecule has 3 aliphatic rings. The zero-order valence-electron chi connectivity index (χ0n) is 36.5. The van der Waals surface area contributed by atoms with Crippen LogP contribution >= 0.6 is 11.3 Å². The summed E-state index contributed by atoms with van der Waals surface area (Å²) in [6.45, 7) is 12.7. The van der Waals surface area contributed by atoms with Gasteiger partial charge in [0.2, 0.25) is 17.7 Å². The number of benzene rings is 2. The molecule has 0 spiro atoms. The molecule has 0 bridgehead atoms. The third-order valence-electron chi connectivity index (χ3n) is 13.0. The monoisotopic (exact) mass is 886 g/mol. The first-order valence-electron chi connectivity index (χ1n) is 22.1. The van der Waals surface area contributed by atoms with Gasteiger partial charge < -0.3 is 39.7 Å². The quantitative estimate of drug-likeness (QED) is 0.114. The minimum atomic E-state index is -0.822. The number of piperazine rings is 1.